The number of nitrogens with zero attached hydrogens (tertiary/aromatic N) is 7. The number of fused-ring (bicyclic) bond motifs is 1. The Hall–Kier alpha value is -2.92. The summed E-state index contributed by atoms with van der Waals surface area (Å²) < 4.78 is 5.51. The molecule has 2 saturated heterocycles. The highest BCUT2D eigenvalue weighted by Gasteiger charge is 2.24. The lowest BCUT2D eigenvalue weighted by Crippen LogP contribution is -2.47. The van der Waals surface area contributed by atoms with Gasteiger partial charge in [0, 0.05) is 57.3 Å². The number of nitriles is 1. The molecule has 0 radical (unpaired) electrons. The summed E-state index contributed by atoms with van der Waals surface area (Å²) in [6, 6.07) is 6.41. The Labute approximate surface area is 177 Å². The summed E-state index contributed by atoms with van der Waals surface area (Å²) in [7, 11) is 0. The number of ether oxygens (including phenoxy) is 1. The van der Waals surface area contributed by atoms with E-state index in [4.69, 9.17) is 9.72 Å². The molecule has 3 aliphatic rings. The van der Waals surface area contributed by atoms with E-state index < -0.39 is 0 Å². The summed E-state index contributed by atoms with van der Waals surface area (Å²) in [6.45, 7) is 6.75. The van der Waals surface area contributed by atoms with Gasteiger partial charge in [-0.2, -0.15) is 5.26 Å². The minimum absolute atomic E-state index is 0.554. The van der Waals surface area contributed by atoms with Crippen LogP contribution in [0.1, 0.15) is 36.1 Å². The Morgan fingerprint density at radius 3 is 2.30 bits per heavy atom. The predicted molar refractivity (Wildman–Crippen MR) is 115 cm³/mol. The van der Waals surface area contributed by atoms with E-state index in [1.165, 1.54) is 19.3 Å². The highest BCUT2D eigenvalue weighted by atomic mass is 16.5. The first-order chi connectivity index (χ1) is 14.8. The number of hydrogen-bond donors (Lipinski definition) is 0. The summed E-state index contributed by atoms with van der Waals surface area (Å²) in [5, 5.41) is 9.65. The van der Waals surface area contributed by atoms with Crippen LogP contribution in [0.5, 0.6) is 0 Å². The maximum Gasteiger partial charge on any atom is 0.146 e. The highest BCUT2D eigenvalue weighted by Crippen LogP contribution is 2.27. The van der Waals surface area contributed by atoms with E-state index in [0.717, 1.165) is 74.4 Å². The van der Waals surface area contributed by atoms with Crippen LogP contribution >= 0.6 is 0 Å². The van der Waals surface area contributed by atoms with Gasteiger partial charge in [0.05, 0.1) is 24.5 Å². The van der Waals surface area contributed by atoms with E-state index >= 15 is 0 Å². The molecule has 5 heterocycles. The zero-order valence-electron chi connectivity index (χ0n) is 17.3. The van der Waals surface area contributed by atoms with Crippen molar-refractivity contribution in [3.63, 3.8) is 0 Å². The summed E-state index contributed by atoms with van der Waals surface area (Å²) in [4.78, 5) is 20.8. The lowest BCUT2D eigenvalue weighted by molar-refractivity contribution is 0.109. The molecule has 0 saturated carbocycles. The molecule has 0 spiro atoms. The van der Waals surface area contributed by atoms with Crippen LogP contribution in [0, 0.1) is 11.3 Å². The fraction of sp³-hybridized carbons (Fsp3) is 0.545. The molecule has 0 atom stereocenters. The van der Waals surface area contributed by atoms with Crippen LogP contribution in [0.15, 0.2) is 18.5 Å². The van der Waals surface area contributed by atoms with Gasteiger partial charge in [-0.15, -0.1) is 0 Å². The number of aromatic nitrogens is 3. The molecule has 5 rings (SSSR count). The van der Waals surface area contributed by atoms with Crippen LogP contribution in [0.3, 0.4) is 0 Å². The lowest BCUT2D eigenvalue weighted by atomic mass is 10.1. The second-order valence-electron chi connectivity index (χ2n) is 8.14. The first-order valence-electron chi connectivity index (χ1n) is 10.9. The van der Waals surface area contributed by atoms with Gasteiger partial charge in [-0.1, -0.05) is 0 Å². The molecule has 2 aromatic rings. The standard InChI is InChI=1S/C22H27N7O/c23-14-17-12-18-15-30-11-4-19(18)26-22(17)29-9-7-28(8-10-29)21-13-20(24-16-25-21)27-5-2-1-3-6-27/h12-13,16H,1-11,15H2. The number of piperazine rings is 1. The SMILES string of the molecule is N#Cc1cc2c(nc1N1CCN(c3cc(N4CCCCC4)ncn3)CC1)CCOC2. The summed E-state index contributed by atoms with van der Waals surface area (Å²) in [5.41, 5.74) is 2.76. The fourth-order valence-electron chi connectivity index (χ4n) is 4.55. The second-order valence-corrected chi connectivity index (χ2v) is 8.14. The topological polar surface area (TPSA) is 81.4 Å². The van der Waals surface area contributed by atoms with Gasteiger partial charge in [-0.25, -0.2) is 15.0 Å². The predicted octanol–water partition coefficient (Wildman–Crippen LogP) is 2.13. The van der Waals surface area contributed by atoms with Gasteiger partial charge in [-0.3, -0.25) is 0 Å². The normalized spacial score (nSPS) is 19.4. The zero-order valence-corrected chi connectivity index (χ0v) is 17.3. The minimum Gasteiger partial charge on any atom is -0.376 e. The van der Waals surface area contributed by atoms with Crippen molar-refractivity contribution in [1.82, 2.24) is 15.0 Å². The van der Waals surface area contributed by atoms with Crippen molar-refractivity contribution >= 4 is 17.5 Å². The van der Waals surface area contributed by atoms with Crippen LogP contribution in [0.25, 0.3) is 0 Å². The van der Waals surface area contributed by atoms with Gasteiger partial charge >= 0.3 is 0 Å². The molecule has 2 fully saturated rings. The molecule has 156 valence electrons. The maximum absolute atomic E-state index is 9.65. The molecule has 0 amide bonds. The van der Waals surface area contributed by atoms with E-state index in [9.17, 15) is 5.26 Å². The zero-order chi connectivity index (χ0) is 20.3. The van der Waals surface area contributed by atoms with Crippen LogP contribution in [0.2, 0.25) is 0 Å². The summed E-state index contributed by atoms with van der Waals surface area (Å²) in [6.07, 6.45) is 6.28. The molecule has 3 aliphatic heterocycles. The fourth-order valence-corrected chi connectivity index (χ4v) is 4.55. The van der Waals surface area contributed by atoms with E-state index in [2.05, 4.69) is 36.8 Å². The quantitative estimate of drug-likeness (QED) is 0.768. The average Bonchev–Trinajstić information content (AvgIpc) is 2.84. The third-order valence-corrected chi connectivity index (χ3v) is 6.25. The third kappa shape index (κ3) is 3.77. The van der Waals surface area contributed by atoms with E-state index in [1.807, 2.05) is 6.07 Å². The number of hydrogen-bond acceptors (Lipinski definition) is 8. The minimum atomic E-state index is 0.554. The molecule has 2 aromatic heterocycles. The molecule has 8 heteroatoms. The van der Waals surface area contributed by atoms with Gasteiger partial charge in [-0.05, 0) is 25.3 Å². The van der Waals surface area contributed by atoms with Gasteiger partial charge in [0.2, 0.25) is 0 Å². The number of piperidine rings is 1. The smallest absolute Gasteiger partial charge is 0.146 e. The third-order valence-electron chi connectivity index (χ3n) is 6.25. The molecule has 0 N–H and O–H groups in total. The molecular weight excluding hydrogens is 378 g/mol. The molecule has 0 aliphatic carbocycles. The van der Waals surface area contributed by atoms with Crippen molar-refractivity contribution in [2.45, 2.75) is 32.3 Å². The lowest BCUT2D eigenvalue weighted by Gasteiger charge is -2.37. The first-order valence-corrected chi connectivity index (χ1v) is 10.9. The molecular formula is C22H27N7O. The molecule has 30 heavy (non-hydrogen) atoms. The Bertz CT molecular complexity index is 943. The van der Waals surface area contributed by atoms with Crippen molar-refractivity contribution in [2.75, 3.05) is 60.6 Å². The van der Waals surface area contributed by atoms with Crippen molar-refractivity contribution in [3.05, 3.63) is 35.3 Å². The molecule has 8 nitrogen and oxygen atoms in total. The Morgan fingerprint density at radius 2 is 1.57 bits per heavy atom. The Morgan fingerprint density at radius 1 is 0.867 bits per heavy atom. The Kier molecular flexibility index (Phi) is 5.37. The van der Waals surface area contributed by atoms with E-state index in [1.54, 1.807) is 6.33 Å². The average molecular weight is 406 g/mol. The number of pyridine rings is 1. The molecule has 0 bridgehead atoms. The van der Waals surface area contributed by atoms with E-state index in [0.29, 0.717) is 18.8 Å². The van der Waals surface area contributed by atoms with Crippen LogP contribution in [-0.2, 0) is 17.8 Å². The van der Waals surface area contributed by atoms with Gasteiger partial charge < -0.3 is 19.4 Å². The molecule has 0 aromatic carbocycles. The summed E-state index contributed by atoms with van der Waals surface area (Å²) >= 11 is 0. The van der Waals surface area contributed by atoms with Gasteiger partial charge in [0.1, 0.15) is 29.9 Å². The molecule has 0 unspecified atom stereocenters. The van der Waals surface area contributed by atoms with Crippen molar-refractivity contribution in [3.8, 4) is 6.07 Å². The summed E-state index contributed by atoms with van der Waals surface area (Å²) in [5.74, 6) is 2.84. The first kappa shape index (κ1) is 19.1. The second kappa shape index (κ2) is 8.44. The maximum atomic E-state index is 9.65. The van der Waals surface area contributed by atoms with Crippen molar-refractivity contribution < 1.29 is 4.74 Å². The van der Waals surface area contributed by atoms with Crippen LogP contribution < -0.4 is 14.7 Å². The number of rotatable bonds is 3. The van der Waals surface area contributed by atoms with Crippen LogP contribution in [-0.4, -0.2) is 60.8 Å². The monoisotopic (exact) mass is 405 g/mol. The Balaban J connectivity index is 1.30. The van der Waals surface area contributed by atoms with Crippen molar-refractivity contribution in [1.29, 1.82) is 5.26 Å². The van der Waals surface area contributed by atoms with E-state index in [-0.39, 0.29) is 0 Å². The van der Waals surface area contributed by atoms with Gasteiger partial charge in [0.25, 0.3) is 0 Å². The number of anilines is 3. The van der Waals surface area contributed by atoms with Gasteiger partial charge in [0.15, 0.2) is 0 Å². The van der Waals surface area contributed by atoms with Crippen LogP contribution in [0.4, 0.5) is 17.5 Å². The highest BCUT2D eigenvalue weighted by molar-refractivity contribution is 5.58. The largest absolute Gasteiger partial charge is 0.376 e. The van der Waals surface area contributed by atoms with Crippen molar-refractivity contribution in [2.24, 2.45) is 0 Å².